The number of ether oxygens (including phenoxy) is 2. The van der Waals surface area contributed by atoms with E-state index in [1.165, 1.54) is 11.3 Å². The van der Waals surface area contributed by atoms with Crippen molar-refractivity contribution in [2.75, 3.05) is 18.5 Å². The maximum absolute atomic E-state index is 13.6. The van der Waals surface area contributed by atoms with Crippen molar-refractivity contribution in [2.24, 2.45) is 0 Å². The van der Waals surface area contributed by atoms with Crippen molar-refractivity contribution < 1.29 is 19.1 Å². The van der Waals surface area contributed by atoms with Gasteiger partial charge in [-0.15, -0.1) is 11.3 Å². The van der Waals surface area contributed by atoms with Crippen LogP contribution >= 0.6 is 11.3 Å². The summed E-state index contributed by atoms with van der Waals surface area (Å²) in [7, 11) is 0. The molecule has 4 aromatic rings. The molecule has 0 aliphatic rings. The summed E-state index contributed by atoms with van der Waals surface area (Å²) >= 11 is 1.32. The van der Waals surface area contributed by atoms with Gasteiger partial charge >= 0.3 is 5.97 Å². The Bertz CT molecular complexity index is 1340. The molecule has 2 aromatic carbocycles. The largest absolute Gasteiger partial charge is 0.494 e. The summed E-state index contributed by atoms with van der Waals surface area (Å²) < 4.78 is 13.0. The molecule has 4 rings (SSSR count). The standard InChI is InChI=1S/C27H28N2O4S/c1-5-29-22-14-13-19(32-6-2)15-20(22)17(4)24(29)25(30)28-26-23(27(31)33-7-3)21(16-34-26)18-11-9-8-10-12-18/h8-16H,5-7H2,1-4H3,(H,28,30). The molecular weight excluding hydrogens is 448 g/mol. The zero-order valence-electron chi connectivity index (χ0n) is 19.8. The fourth-order valence-electron chi connectivity index (χ4n) is 4.23. The van der Waals surface area contributed by atoms with Crippen molar-refractivity contribution in [1.29, 1.82) is 0 Å². The number of carbonyl (C=O) groups excluding carboxylic acids is 2. The quantitative estimate of drug-likeness (QED) is 0.294. The van der Waals surface area contributed by atoms with Gasteiger partial charge in [0, 0.05) is 28.4 Å². The fourth-order valence-corrected chi connectivity index (χ4v) is 5.18. The van der Waals surface area contributed by atoms with Gasteiger partial charge < -0.3 is 19.4 Å². The van der Waals surface area contributed by atoms with E-state index < -0.39 is 5.97 Å². The number of fused-ring (bicyclic) bond motifs is 1. The number of anilines is 1. The van der Waals surface area contributed by atoms with Crippen LogP contribution in [0.2, 0.25) is 0 Å². The lowest BCUT2D eigenvalue weighted by atomic mass is 10.0. The van der Waals surface area contributed by atoms with E-state index in [0.29, 0.717) is 29.4 Å². The van der Waals surface area contributed by atoms with E-state index in [9.17, 15) is 9.59 Å². The molecule has 0 bridgehead atoms. The molecule has 1 N–H and O–H groups in total. The Morgan fingerprint density at radius 2 is 1.79 bits per heavy atom. The van der Waals surface area contributed by atoms with Crippen LogP contribution < -0.4 is 10.1 Å². The molecule has 7 heteroatoms. The zero-order valence-corrected chi connectivity index (χ0v) is 20.6. The molecule has 0 saturated carbocycles. The lowest BCUT2D eigenvalue weighted by molar-refractivity contribution is 0.0529. The summed E-state index contributed by atoms with van der Waals surface area (Å²) in [5, 5.41) is 6.33. The topological polar surface area (TPSA) is 69.6 Å². The molecule has 0 aliphatic heterocycles. The number of aromatic nitrogens is 1. The number of hydrogen-bond donors (Lipinski definition) is 1. The first-order valence-electron chi connectivity index (χ1n) is 11.4. The van der Waals surface area contributed by atoms with Gasteiger partial charge in [-0.05, 0) is 57.0 Å². The van der Waals surface area contributed by atoms with E-state index in [-0.39, 0.29) is 12.5 Å². The Kier molecular flexibility index (Phi) is 7.03. The minimum Gasteiger partial charge on any atom is -0.494 e. The molecule has 6 nitrogen and oxygen atoms in total. The predicted octanol–water partition coefficient (Wildman–Crippen LogP) is 6.53. The first-order chi connectivity index (χ1) is 16.5. The van der Waals surface area contributed by atoms with Crippen LogP contribution in [0.1, 0.15) is 47.2 Å². The molecule has 0 atom stereocenters. The van der Waals surface area contributed by atoms with Crippen LogP contribution in [0.25, 0.3) is 22.0 Å². The smallest absolute Gasteiger partial charge is 0.341 e. The van der Waals surface area contributed by atoms with Crippen LogP contribution in [0.4, 0.5) is 5.00 Å². The van der Waals surface area contributed by atoms with E-state index in [1.807, 2.05) is 79.2 Å². The summed E-state index contributed by atoms with van der Waals surface area (Å²) in [5.74, 6) is 0.0567. The Morgan fingerprint density at radius 1 is 1.03 bits per heavy atom. The normalized spacial score (nSPS) is 10.9. The summed E-state index contributed by atoms with van der Waals surface area (Å²) in [4.78, 5) is 26.4. The minimum atomic E-state index is -0.452. The first-order valence-corrected chi connectivity index (χ1v) is 12.3. The Balaban J connectivity index is 1.76. The van der Waals surface area contributed by atoms with Crippen LogP contribution in [0.3, 0.4) is 0 Å². The first kappa shape index (κ1) is 23.6. The van der Waals surface area contributed by atoms with Crippen LogP contribution in [0.15, 0.2) is 53.9 Å². The highest BCUT2D eigenvalue weighted by atomic mass is 32.1. The van der Waals surface area contributed by atoms with Crippen molar-refractivity contribution in [2.45, 2.75) is 34.2 Å². The average Bonchev–Trinajstić information content (AvgIpc) is 3.38. The lowest BCUT2D eigenvalue weighted by Gasteiger charge is -2.11. The lowest BCUT2D eigenvalue weighted by Crippen LogP contribution is -2.19. The van der Waals surface area contributed by atoms with Gasteiger partial charge in [0.1, 0.15) is 22.0 Å². The second-order valence-electron chi connectivity index (χ2n) is 7.72. The number of aryl methyl sites for hydroxylation is 2. The molecule has 0 aliphatic carbocycles. The maximum atomic E-state index is 13.6. The fraction of sp³-hybridized carbons (Fsp3) is 0.259. The van der Waals surface area contributed by atoms with E-state index in [0.717, 1.165) is 33.3 Å². The summed E-state index contributed by atoms with van der Waals surface area (Å²) in [6.07, 6.45) is 0. The van der Waals surface area contributed by atoms with Crippen molar-refractivity contribution in [3.63, 3.8) is 0 Å². The molecule has 1 amide bonds. The highest BCUT2D eigenvalue weighted by molar-refractivity contribution is 7.15. The Hall–Kier alpha value is -3.58. The van der Waals surface area contributed by atoms with Gasteiger partial charge in [0.2, 0.25) is 0 Å². The summed E-state index contributed by atoms with van der Waals surface area (Å²) in [6.45, 7) is 9.12. The molecule has 0 fully saturated rings. The zero-order chi connectivity index (χ0) is 24.2. The van der Waals surface area contributed by atoms with Crippen LogP contribution in [-0.2, 0) is 11.3 Å². The van der Waals surface area contributed by atoms with E-state index in [1.54, 1.807) is 6.92 Å². The number of nitrogens with one attached hydrogen (secondary N) is 1. The van der Waals surface area contributed by atoms with Crippen molar-refractivity contribution in [3.05, 3.63) is 70.7 Å². The van der Waals surface area contributed by atoms with Crippen LogP contribution in [-0.4, -0.2) is 29.7 Å². The number of hydrogen-bond acceptors (Lipinski definition) is 5. The van der Waals surface area contributed by atoms with E-state index >= 15 is 0 Å². The number of thiophene rings is 1. The van der Waals surface area contributed by atoms with E-state index in [2.05, 4.69) is 5.32 Å². The number of carbonyl (C=O) groups is 2. The van der Waals surface area contributed by atoms with Crippen LogP contribution in [0.5, 0.6) is 5.75 Å². The molecule has 0 unspecified atom stereocenters. The van der Waals surface area contributed by atoms with Crippen molar-refractivity contribution in [3.8, 4) is 16.9 Å². The van der Waals surface area contributed by atoms with Gasteiger partial charge in [0.15, 0.2) is 0 Å². The third-order valence-electron chi connectivity index (χ3n) is 5.71. The molecule has 0 radical (unpaired) electrons. The van der Waals surface area contributed by atoms with Gasteiger partial charge in [0.05, 0.1) is 13.2 Å². The van der Waals surface area contributed by atoms with E-state index in [4.69, 9.17) is 9.47 Å². The number of rotatable bonds is 8. The summed E-state index contributed by atoms with van der Waals surface area (Å²) in [6, 6.07) is 15.5. The van der Waals surface area contributed by atoms with Gasteiger partial charge in [-0.3, -0.25) is 4.79 Å². The predicted molar refractivity (Wildman–Crippen MR) is 137 cm³/mol. The third-order valence-corrected chi connectivity index (χ3v) is 6.61. The minimum absolute atomic E-state index is 0.252. The molecular formula is C27H28N2O4S. The summed E-state index contributed by atoms with van der Waals surface area (Å²) in [5.41, 5.74) is 4.42. The molecule has 34 heavy (non-hydrogen) atoms. The number of benzene rings is 2. The van der Waals surface area contributed by atoms with Gasteiger partial charge in [-0.25, -0.2) is 4.79 Å². The number of nitrogens with zero attached hydrogens (tertiary/aromatic N) is 1. The van der Waals surface area contributed by atoms with Crippen LogP contribution in [0, 0.1) is 6.92 Å². The molecule has 2 aromatic heterocycles. The second-order valence-corrected chi connectivity index (χ2v) is 8.60. The molecule has 2 heterocycles. The number of esters is 1. The van der Waals surface area contributed by atoms with Gasteiger partial charge in [-0.2, -0.15) is 0 Å². The monoisotopic (exact) mass is 476 g/mol. The Labute approximate surface area is 203 Å². The average molecular weight is 477 g/mol. The second kappa shape index (κ2) is 10.1. The van der Waals surface area contributed by atoms with Crippen molar-refractivity contribution >= 4 is 39.1 Å². The maximum Gasteiger partial charge on any atom is 0.341 e. The highest BCUT2D eigenvalue weighted by Gasteiger charge is 2.26. The molecule has 0 saturated heterocycles. The van der Waals surface area contributed by atoms with Gasteiger partial charge in [-0.1, -0.05) is 30.3 Å². The van der Waals surface area contributed by atoms with Crippen molar-refractivity contribution in [1.82, 2.24) is 4.57 Å². The Morgan fingerprint density at radius 3 is 2.47 bits per heavy atom. The third kappa shape index (κ3) is 4.31. The molecule has 0 spiro atoms. The highest BCUT2D eigenvalue weighted by Crippen LogP contribution is 2.37. The number of amides is 1. The SMILES string of the molecule is CCOC(=O)c1c(-c2ccccc2)csc1NC(=O)c1c(C)c2cc(OCC)ccc2n1CC. The van der Waals surface area contributed by atoms with Gasteiger partial charge in [0.25, 0.3) is 5.91 Å². The molecule has 176 valence electrons.